The number of aromatic carboxylic acids is 1. The Morgan fingerprint density at radius 2 is 2.25 bits per heavy atom. The third kappa shape index (κ3) is 1.74. The van der Waals surface area contributed by atoms with Gasteiger partial charge in [0.25, 0.3) is 0 Å². The molecule has 0 unspecified atom stereocenters. The quantitative estimate of drug-likeness (QED) is 0.799. The highest BCUT2D eigenvalue weighted by Gasteiger charge is 2.07. The van der Waals surface area contributed by atoms with E-state index in [9.17, 15) is 4.79 Å². The molecule has 0 fully saturated rings. The van der Waals surface area contributed by atoms with E-state index >= 15 is 0 Å². The zero-order valence-corrected chi connectivity index (χ0v) is 8.03. The van der Waals surface area contributed by atoms with Crippen molar-refractivity contribution in [2.75, 3.05) is 0 Å². The summed E-state index contributed by atoms with van der Waals surface area (Å²) < 4.78 is 1.34. The molecule has 2 heterocycles. The molecule has 2 aromatic rings. The number of hydrogen-bond acceptors (Lipinski definition) is 4. The number of rotatable bonds is 2. The maximum atomic E-state index is 10.6. The van der Waals surface area contributed by atoms with Crippen LogP contribution < -0.4 is 0 Å². The van der Waals surface area contributed by atoms with E-state index in [1.165, 1.54) is 23.1 Å². The van der Waals surface area contributed by atoms with E-state index in [1.807, 2.05) is 6.07 Å². The summed E-state index contributed by atoms with van der Waals surface area (Å²) in [6, 6.07) is 6.50. The topological polar surface area (TPSA) is 91.8 Å². The SMILES string of the molecule is N#Cc1ccc(-n2ccc(C(=O)O)n2)nc1. The predicted molar refractivity (Wildman–Crippen MR) is 53.0 cm³/mol. The van der Waals surface area contributed by atoms with Crippen LogP contribution in [-0.2, 0) is 0 Å². The van der Waals surface area contributed by atoms with Crippen LogP contribution in [0.2, 0.25) is 0 Å². The molecule has 1 N–H and O–H groups in total. The Labute approximate surface area is 90.4 Å². The van der Waals surface area contributed by atoms with Gasteiger partial charge >= 0.3 is 5.97 Å². The van der Waals surface area contributed by atoms with Crippen molar-refractivity contribution >= 4 is 5.97 Å². The zero-order valence-electron chi connectivity index (χ0n) is 8.03. The summed E-state index contributed by atoms with van der Waals surface area (Å²) in [5.41, 5.74) is 0.389. The van der Waals surface area contributed by atoms with Crippen LogP contribution in [0, 0.1) is 11.3 Å². The van der Waals surface area contributed by atoms with Crippen LogP contribution in [0.1, 0.15) is 16.1 Å². The van der Waals surface area contributed by atoms with E-state index in [0.717, 1.165) is 0 Å². The Morgan fingerprint density at radius 3 is 2.75 bits per heavy atom. The van der Waals surface area contributed by atoms with Gasteiger partial charge in [0.1, 0.15) is 6.07 Å². The lowest BCUT2D eigenvalue weighted by Crippen LogP contribution is -2.02. The number of carbonyl (C=O) groups is 1. The molecule has 0 saturated carbocycles. The van der Waals surface area contributed by atoms with Gasteiger partial charge in [-0.3, -0.25) is 0 Å². The van der Waals surface area contributed by atoms with Crippen LogP contribution in [0.3, 0.4) is 0 Å². The van der Waals surface area contributed by atoms with Gasteiger partial charge < -0.3 is 5.11 Å². The third-order valence-corrected chi connectivity index (χ3v) is 1.92. The average molecular weight is 214 g/mol. The van der Waals surface area contributed by atoms with Gasteiger partial charge in [0.2, 0.25) is 0 Å². The lowest BCUT2D eigenvalue weighted by atomic mass is 10.3. The highest BCUT2D eigenvalue weighted by atomic mass is 16.4. The van der Waals surface area contributed by atoms with Crippen molar-refractivity contribution in [1.82, 2.24) is 14.8 Å². The number of carboxylic acids is 1. The molecule has 16 heavy (non-hydrogen) atoms. The van der Waals surface area contributed by atoms with Crippen molar-refractivity contribution in [1.29, 1.82) is 5.26 Å². The average Bonchev–Trinajstić information content (AvgIpc) is 2.78. The molecule has 78 valence electrons. The number of hydrogen-bond donors (Lipinski definition) is 1. The second-order valence-electron chi connectivity index (χ2n) is 2.97. The van der Waals surface area contributed by atoms with Crippen molar-refractivity contribution in [2.24, 2.45) is 0 Å². The van der Waals surface area contributed by atoms with Gasteiger partial charge in [-0.05, 0) is 18.2 Å². The van der Waals surface area contributed by atoms with Gasteiger partial charge in [-0.15, -0.1) is 0 Å². The van der Waals surface area contributed by atoms with Crippen LogP contribution in [0.5, 0.6) is 0 Å². The fourth-order valence-electron chi connectivity index (χ4n) is 1.15. The first-order valence-electron chi connectivity index (χ1n) is 4.36. The maximum Gasteiger partial charge on any atom is 0.356 e. The molecule has 0 aliphatic carbocycles. The molecule has 2 rings (SSSR count). The summed E-state index contributed by atoms with van der Waals surface area (Å²) in [4.78, 5) is 14.6. The van der Waals surface area contributed by atoms with Crippen molar-refractivity contribution < 1.29 is 9.90 Å². The summed E-state index contributed by atoms with van der Waals surface area (Å²) in [5, 5.41) is 21.1. The highest BCUT2D eigenvalue weighted by Crippen LogP contribution is 2.05. The van der Waals surface area contributed by atoms with Crippen molar-refractivity contribution in [3.8, 4) is 11.9 Å². The van der Waals surface area contributed by atoms with E-state index in [2.05, 4.69) is 10.1 Å². The molecule has 0 radical (unpaired) electrons. The first-order valence-corrected chi connectivity index (χ1v) is 4.36. The van der Waals surface area contributed by atoms with Gasteiger partial charge in [0, 0.05) is 12.4 Å². The second kappa shape index (κ2) is 3.82. The first-order chi connectivity index (χ1) is 7.70. The summed E-state index contributed by atoms with van der Waals surface area (Å²) >= 11 is 0. The van der Waals surface area contributed by atoms with E-state index in [-0.39, 0.29) is 5.69 Å². The maximum absolute atomic E-state index is 10.6. The minimum Gasteiger partial charge on any atom is -0.476 e. The molecule has 0 bridgehead atoms. The summed E-state index contributed by atoms with van der Waals surface area (Å²) in [5.74, 6) is -0.626. The van der Waals surface area contributed by atoms with Gasteiger partial charge in [0.05, 0.1) is 5.56 Å². The van der Waals surface area contributed by atoms with Crippen LogP contribution in [-0.4, -0.2) is 25.8 Å². The number of nitrogens with zero attached hydrogens (tertiary/aromatic N) is 4. The lowest BCUT2D eigenvalue weighted by molar-refractivity contribution is 0.0690. The molecule has 0 aromatic carbocycles. The smallest absolute Gasteiger partial charge is 0.356 e. The zero-order chi connectivity index (χ0) is 11.5. The Kier molecular flexibility index (Phi) is 2.36. The highest BCUT2D eigenvalue weighted by molar-refractivity contribution is 5.85. The van der Waals surface area contributed by atoms with Gasteiger partial charge in [0.15, 0.2) is 11.5 Å². The number of carboxylic acid groups (broad SMARTS) is 1. The largest absolute Gasteiger partial charge is 0.476 e. The van der Waals surface area contributed by atoms with E-state index < -0.39 is 5.97 Å². The molecule has 6 heteroatoms. The van der Waals surface area contributed by atoms with Gasteiger partial charge in [-0.1, -0.05) is 0 Å². The van der Waals surface area contributed by atoms with Crippen LogP contribution in [0.4, 0.5) is 0 Å². The van der Waals surface area contributed by atoms with Crippen molar-refractivity contribution in [3.63, 3.8) is 0 Å². The fraction of sp³-hybridized carbons (Fsp3) is 0. The van der Waals surface area contributed by atoms with Crippen LogP contribution >= 0.6 is 0 Å². The Morgan fingerprint density at radius 1 is 1.44 bits per heavy atom. The standard InChI is InChI=1S/C10H6N4O2/c11-5-7-1-2-9(12-6-7)14-4-3-8(13-14)10(15)16/h1-4,6H,(H,15,16). The summed E-state index contributed by atoms with van der Waals surface area (Å²) in [6.45, 7) is 0. The third-order valence-electron chi connectivity index (χ3n) is 1.92. The normalized spacial score (nSPS) is 9.69. The van der Waals surface area contributed by atoms with E-state index in [1.54, 1.807) is 12.1 Å². The molecular formula is C10H6N4O2. The Bertz CT molecular complexity index is 565. The van der Waals surface area contributed by atoms with Gasteiger partial charge in [-0.25, -0.2) is 14.5 Å². The van der Waals surface area contributed by atoms with Crippen LogP contribution in [0.25, 0.3) is 5.82 Å². The van der Waals surface area contributed by atoms with Crippen molar-refractivity contribution in [3.05, 3.63) is 41.9 Å². The summed E-state index contributed by atoms with van der Waals surface area (Å²) in [7, 11) is 0. The Balaban J connectivity index is 2.36. The van der Waals surface area contributed by atoms with E-state index in [0.29, 0.717) is 11.4 Å². The minimum atomic E-state index is -1.09. The molecule has 0 aliphatic rings. The predicted octanol–water partition coefficient (Wildman–Crippen LogP) is 0.837. The summed E-state index contributed by atoms with van der Waals surface area (Å²) in [6.07, 6.45) is 2.90. The number of aromatic nitrogens is 3. The fourth-order valence-corrected chi connectivity index (χ4v) is 1.15. The van der Waals surface area contributed by atoms with Crippen LogP contribution in [0.15, 0.2) is 30.6 Å². The molecule has 0 spiro atoms. The first kappa shape index (κ1) is 9.86. The molecule has 0 atom stereocenters. The second-order valence-corrected chi connectivity index (χ2v) is 2.97. The van der Waals surface area contributed by atoms with Crippen molar-refractivity contribution in [2.45, 2.75) is 0 Å². The molecule has 0 aliphatic heterocycles. The lowest BCUT2D eigenvalue weighted by Gasteiger charge is -1.98. The Hall–Kier alpha value is -2.68. The van der Waals surface area contributed by atoms with Gasteiger partial charge in [-0.2, -0.15) is 10.4 Å². The molecule has 2 aromatic heterocycles. The molecular weight excluding hydrogens is 208 g/mol. The van der Waals surface area contributed by atoms with E-state index in [4.69, 9.17) is 10.4 Å². The molecule has 0 saturated heterocycles. The number of nitriles is 1. The molecule has 6 nitrogen and oxygen atoms in total. The minimum absolute atomic E-state index is 0.0499. The molecule has 0 amide bonds. The number of pyridine rings is 1. The monoisotopic (exact) mass is 214 g/mol.